The van der Waals surface area contributed by atoms with Gasteiger partial charge in [0.05, 0.1) is 0 Å². The third-order valence-electron chi connectivity index (χ3n) is 4.06. The van der Waals surface area contributed by atoms with Crippen LogP contribution >= 0.6 is 0 Å². The molecule has 2 rings (SSSR count). The second kappa shape index (κ2) is 8.14. The molecule has 1 saturated heterocycles. The number of anilines is 1. The topological polar surface area (TPSA) is 70.4 Å². The molecule has 1 aromatic rings. The normalized spacial score (nSPS) is 17.0. The molecule has 1 aliphatic heterocycles. The fourth-order valence-corrected chi connectivity index (χ4v) is 2.74. The second-order valence-corrected chi connectivity index (χ2v) is 5.80. The largest absolute Gasteiger partial charge is 0.360 e. The number of carbonyl (C=O) groups is 1. The summed E-state index contributed by atoms with van der Waals surface area (Å²) in [6.07, 6.45) is 4.25. The van der Waals surface area contributed by atoms with Crippen LogP contribution in [0.2, 0.25) is 0 Å². The Morgan fingerprint density at radius 1 is 1.48 bits per heavy atom. The minimum atomic E-state index is 0.000562. The van der Waals surface area contributed by atoms with Crippen LogP contribution in [0.1, 0.15) is 31.4 Å². The number of rotatable bonds is 7. The third-order valence-corrected chi connectivity index (χ3v) is 4.06. The van der Waals surface area contributed by atoms with Crippen LogP contribution in [0, 0.1) is 12.8 Å². The summed E-state index contributed by atoms with van der Waals surface area (Å²) in [7, 11) is 2.00. The number of hydrogen-bond acceptors (Lipinski definition) is 5. The molecule has 21 heavy (non-hydrogen) atoms. The number of aryl methyl sites for hydroxylation is 1. The van der Waals surface area contributed by atoms with Crippen LogP contribution in [0.5, 0.6) is 0 Å². The number of amides is 1. The number of piperidine rings is 1. The van der Waals surface area contributed by atoms with Crippen molar-refractivity contribution in [3.63, 3.8) is 0 Å². The van der Waals surface area contributed by atoms with Crippen LogP contribution in [0.3, 0.4) is 0 Å². The van der Waals surface area contributed by atoms with E-state index >= 15 is 0 Å². The Morgan fingerprint density at radius 3 is 2.86 bits per heavy atom. The molecule has 0 radical (unpaired) electrons. The van der Waals surface area contributed by atoms with Gasteiger partial charge in [-0.3, -0.25) is 4.79 Å². The van der Waals surface area contributed by atoms with Gasteiger partial charge in [-0.1, -0.05) is 5.16 Å². The highest BCUT2D eigenvalue weighted by Crippen LogP contribution is 2.20. The van der Waals surface area contributed by atoms with Crippen LogP contribution in [-0.4, -0.2) is 49.2 Å². The third kappa shape index (κ3) is 5.47. The first kappa shape index (κ1) is 16.0. The van der Waals surface area contributed by atoms with E-state index in [2.05, 4.69) is 20.7 Å². The molecule has 2 N–H and O–H groups in total. The summed E-state index contributed by atoms with van der Waals surface area (Å²) >= 11 is 0. The highest BCUT2D eigenvalue weighted by atomic mass is 16.5. The molecule has 0 spiro atoms. The highest BCUT2D eigenvalue weighted by Gasteiger charge is 2.19. The molecule has 1 amide bonds. The minimum Gasteiger partial charge on any atom is -0.360 e. The van der Waals surface area contributed by atoms with Crippen molar-refractivity contribution in [1.82, 2.24) is 15.4 Å². The molecule has 1 aliphatic rings. The zero-order valence-electron chi connectivity index (χ0n) is 13.0. The first-order valence-electron chi connectivity index (χ1n) is 7.77. The lowest BCUT2D eigenvalue weighted by Gasteiger charge is -2.31. The molecular weight excluding hydrogens is 268 g/mol. The second-order valence-electron chi connectivity index (χ2n) is 5.80. The summed E-state index contributed by atoms with van der Waals surface area (Å²) in [5.41, 5.74) is 0. The van der Waals surface area contributed by atoms with Crippen molar-refractivity contribution in [2.45, 2.75) is 32.6 Å². The maximum Gasteiger partial charge on any atom is 0.226 e. The summed E-state index contributed by atoms with van der Waals surface area (Å²) in [5.74, 6) is 2.04. The Morgan fingerprint density at radius 2 is 2.24 bits per heavy atom. The quantitative estimate of drug-likeness (QED) is 0.800. The van der Waals surface area contributed by atoms with Crippen LogP contribution in [-0.2, 0) is 4.79 Å². The molecule has 1 fully saturated rings. The van der Waals surface area contributed by atoms with Gasteiger partial charge < -0.3 is 20.1 Å². The van der Waals surface area contributed by atoms with Gasteiger partial charge in [-0.2, -0.15) is 0 Å². The van der Waals surface area contributed by atoms with Gasteiger partial charge in [0.1, 0.15) is 5.76 Å². The van der Waals surface area contributed by atoms with Gasteiger partial charge in [0.2, 0.25) is 5.91 Å². The summed E-state index contributed by atoms with van der Waals surface area (Å²) < 4.78 is 4.92. The Bertz CT molecular complexity index is 439. The molecule has 0 aromatic carbocycles. The monoisotopic (exact) mass is 294 g/mol. The van der Waals surface area contributed by atoms with Crippen molar-refractivity contribution in [3.8, 4) is 0 Å². The molecule has 0 aliphatic carbocycles. The Hall–Kier alpha value is -1.40. The zero-order chi connectivity index (χ0) is 15.1. The molecule has 118 valence electrons. The lowest BCUT2D eigenvalue weighted by Crippen LogP contribution is -2.36. The van der Waals surface area contributed by atoms with Crippen molar-refractivity contribution >= 4 is 11.7 Å². The summed E-state index contributed by atoms with van der Waals surface area (Å²) in [5, 5.41) is 9.73. The van der Waals surface area contributed by atoms with Gasteiger partial charge in [-0.15, -0.1) is 0 Å². The molecule has 0 atom stereocenters. The van der Waals surface area contributed by atoms with Crippen molar-refractivity contribution in [2.24, 2.45) is 5.92 Å². The zero-order valence-corrected chi connectivity index (χ0v) is 13.0. The predicted molar refractivity (Wildman–Crippen MR) is 82.2 cm³/mol. The molecule has 0 saturated carbocycles. The highest BCUT2D eigenvalue weighted by molar-refractivity contribution is 5.89. The fraction of sp³-hybridized carbons (Fsp3) is 0.733. The molecule has 2 heterocycles. The maximum absolute atomic E-state index is 11.8. The van der Waals surface area contributed by atoms with Crippen LogP contribution in [0.4, 0.5) is 5.82 Å². The summed E-state index contributed by atoms with van der Waals surface area (Å²) in [4.78, 5) is 14.2. The number of nitrogens with one attached hydrogen (secondary N) is 2. The Labute approximate surface area is 126 Å². The Kier molecular flexibility index (Phi) is 6.20. The summed E-state index contributed by atoms with van der Waals surface area (Å²) in [6, 6.07) is 1.73. The average Bonchev–Trinajstić information content (AvgIpc) is 2.89. The lowest BCUT2D eigenvalue weighted by atomic mass is 9.93. The predicted octanol–water partition coefficient (Wildman–Crippen LogP) is 1.63. The van der Waals surface area contributed by atoms with Gasteiger partial charge in [-0.25, -0.2) is 0 Å². The average molecular weight is 294 g/mol. The first-order valence-corrected chi connectivity index (χ1v) is 7.77. The first-order chi connectivity index (χ1) is 10.2. The van der Waals surface area contributed by atoms with Crippen molar-refractivity contribution < 1.29 is 9.32 Å². The van der Waals surface area contributed by atoms with Crippen molar-refractivity contribution in [1.29, 1.82) is 0 Å². The van der Waals surface area contributed by atoms with E-state index in [1.54, 1.807) is 13.0 Å². The van der Waals surface area contributed by atoms with E-state index in [1.165, 1.54) is 19.3 Å². The van der Waals surface area contributed by atoms with Crippen LogP contribution in [0.15, 0.2) is 10.6 Å². The van der Waals surface area contributed by atoms with E-state index in [1.807, 2.05) is 7.05 Å². The fourth-order valence-electron chi connectivity index (χ4n) is 2.74. The number of carbonyl (C=O) groups excluding carboxylic acids is 1. The number of nitrogens with zero attached hydrogens (tertiary/aromatic N) is 2. The van der Waals surface area contributed by atoms with E-state index in [4.69, 9.17) is 4.52 Å². The molecule has 0 unspecified atom stereocenters. The SMILES string of the molecule is CNCCC1CCN(CCC(=O)Nc2cc(C)on2)CC1. The molecular formula is C15H26N4O2. The molecule has 6 heteroatoms. The number of aromatic nitrogens is 1. The van der Waals surface area contributed by atoms with Crippen molar-refractivity contribution in [2.75, 3.05) is 38.5 Å². The standard InChI is InChI=1S/C15H26N4O2/c1-12-11-14(18-21-12)17-15(20)6-10-19-8-4-13(5-9-19)3-7-16-2/h11,13,16H,3-10H2,1-2H3,(H,17,18,20). The molecule has 6 nitrogen and oxygen atoms in total. The maximum atomic E-state index is 11.8. The molecule has 0 bridgehead atoms. The van der Waals surface area contributed by atoms with Gasteiger partial charge >= 0.3 is 0 Å². The van der Waals surface area contributed by atoms with E-state index < -0.39 is 0 Å². The lowest BCUT2D eigenvalue weighted by molar-refractivity contribution is -0.116. The van der Waals surface area contributed by atoms with Crippen LogP contribution < -0.4 is 10.6 Å². The minimum absolute atomic E-state index is 0.000562. The van der Waals surface area contributed by atoms with Gasteiger partial charge in [0.25, 0.3) is 0 Å². The van der Waals surface area contributed by atoms with E-state index in [0.717, 1.165) is 32.1 Å². The van der Waals surface area contributed by atoms with E-state index in [-0.39, 0.29) is 5.91 Å². The molecule has 1 aromatic heterocycles. The van der Waals surface area contributed by atoms with Gasteiger partial charge in [-0.05, 0) is 58.8 Å². The van der Waals surface area contributed by atoms with Gasteiger partial charge in [0, 0.05) is 19.0 Å². The van der Waals surface area contributed by atoms with Crippen molar-refractivity contribution in [3.05, 3.63) is 11.8 Å². The summed E-state index contributed by atoms with van der Waals surface area (Å²) in [6.45, 7) is 5.93. The van der Waals surface area contributed by atoms with Gasteiger partial charge in [0.15, 0.2) is 5.82 Å². The smallest absolute Gasteiger partial charge is 0.226 e. The van der Waals surface area contributed by atoms with E-state index in [0.29, 0.717) is 18.0 Å². The van der Waals surface area contributed by atoms with Crippen LogP contribution in [0.25, 0.3) is 0 Å². The van der Waals surface area contributed by atoms with E-state index in [9.17, 15) is 4.79 Å². The number of hydrogen-bond donors (Lipinski definition) is 2. The Balaban J connectivity index is 1.62. The number of likely N-dealkylation sites (tertiary alicyclic amines) is 1.